The first-order valence-corrected chi connectivity index (χ1v) is 12.8. The zero-order valence-electron chi connectivity index (χ0n) is 19.5. The summed E-state index contributed by atoms with van der Waals surface area (Å²) >= 11 is 6.33. The summed E-state index contributed by atoms with van der Waals surface area (Å²) < 4.78 is 15.0. The summed E-state index contributed by atoms with van der Waals surface area (Å²) in [6, 6.07) is 11.6. The van der Waals surface area contributed by atoms with Gasteiger partial charge < -0.3 is 14.9 Å². The van der Waals surface area contributed by atoms with Crippen LogP contribution in [0.5, 0.6) is 0 Å². The predicted octanol–water partition coefficient (Wildman–Crippen LogP) is 2.84. The fourth-order valence-electron chi connectivity index (χ4n) is 4.32. The zero-order chi connectivity index (χ0) is 26.1. The second-order valence-electron chi connectivity index (χ2n) is 8.51. The van der Waals surface area contributed by atoms with E-state index in [-0.39, 0.29) is 39.1 Å². The quantitative estimate of drug-likeness (QED) is 0.375. The average Bonchev–Trinajstić information content (AvgIpc) is 3.16. The molecule has 1 N–H and O–H groups in total. The highest BCUT2D eigenvalue weighted by atomic mass is 32.2. The molecule has 0 atom stereocenters. The molecule has 2 saturated heterocycles. The molecule has 37 heavy (non-hydrogen) atoms. The first-order chi connectivity index (χ1) is 17.8. The van der Waals surface area contributed by atoms with Gasteiger partial charge in [-0.2, -0.15) is 0 Å². The van der Waals surface area contributed by atoms with Crippen LogP contribution < -0.4 is 15.4 Å². The van der Waals surface area contributed by atoms with Crippen molar-refractivity contribution in [2.45, 2.75) is 6.42 Å². The van der Waals surface area contributed by atoms with Gasteiger partial charge in [-0.3, -0.25) is 23.7 Å². The maximum Gasteiger partial charge on any atom is 0.305 e. The maximum atomic E-state index is 13.5. The Morgan fingerprint density at radius 1 is 1.08 bits per heavy atom. The van der Waals surface area contributed by atoms with Crippen LogP contribution in [0.4, 0.5) is 15.9 Å². The van der Waals surface area contributed by atoms with Crippen LogP contribution in [0.3, 0.4) is 0 Å². The number of pyridine rings is 1. The number of hydrogen-bond donors (Lipinski definition) is 1. The van der Waals surface area contributed by atoms with Gasteiger partial charge in [0.1, 0.15) is 21.6 Å². The highest BCUT2D eigenvalue weighted by molar-refractivity contribution is 8.26. The lowest BCUT2D eigenvalue weighted by Crippen LogP contribution is -2.47. The lowest BCUT2D eigenvalue weighted by molar-refractivity contribution is -0.137. The van der Waals surface area contributed by atoms with Gasteiger partial charge in [0.2, 0.25) is 0 Å². The van der Waals surface area contributed by atoms with Crippen molar-refractivity contribution >= 4 is 63.4 Å². The number of hydrogen-bond acceptors (Lipinski definition) is 8. The van der Waals surface area contributed by atoms with Gasteiger partial charge in [-0.1, -0.05) is 30.0 Å². The van der Waals surface area contributed by atoms with E-state index in [4.69, 9.17) is 22.3 Å². The molecule has 0 radical (unpaired) electrons. The van der Waals surface area contributed by atoms with Crippen LogP contribution in [0.2, 0.25) is 0 Å². The molecule has 2 aliphatic heterocycles. The van der Waals surface area contributed by atoms with E-state index in [2.05, 4.69) is 4.90 Å². The van der Waals surface area contributed by atoms with Crippen molar-refractivity contribution in [1.82, 2.24) is 14.3 Å². The average molecular weight is 540 g/mol. The monoisotopic (exact) mass is 539 g/mol. The first kappa shape index (κ1) is 24.9. The third-order valence-electron chi connectivity index (χ3n) is 6.22. The number of aromatic nitrogens is 2. The number of thiocarbonyl (C=S) groups is 1. The minimum Gasteiger partial charge on any atom is -0.481 e. The Bertz CT molecular complexity index is 1480. The number of carboxylic acid groups (broad SMARTS) is 1. The largest absolute Gasteiger partial charge is 0.481 e. The van der Waals surface area contributed by atoms with E-state index >= 15 is 0 Å². The van der Waals surface area contributed by atoms with Crippen LogP contribution in [0.15, 0.2) is 58.4 Å². The van der Waals surface area contributed by atoms with E-state index in [1.807, 2.05) is 4.90 Å². The minimum absolute atomic E-state index is 0.0372. The lowest BCUT2D eigenvalue weighted by Gasteiger charge is -2.37. The Morgan fingerprint density at radius 2 is 1.78 bits per heavy atom. The number of nitrogens with zero attached hydrogens (tertiary/aromatic N) is 5. The molecule has 2 aromatic heterocycles. The second-order valence-corrected chi connectivity index (χ2v) is 10.2. The molecule has 0 unspecified atom stereocenters. The number of anilines is 2. The molecule has 1 amide bonds. The summed E-state index contributed by atoms with van der Waals surface area (Å²) in [4.78, 5) is 47.9. The molecule has 0 bridgehead atoms. The first-order valence-electron chi connectivity index (χ1n) is 11.6. The lowest BCUT2D eigenvalue weighted by atomic mass is 10.2. The van der Waals surface area contributed by atoms with Crippen molar-refractivity contribution in [3.63, 3.8) is 0 Å². The summed E-state index contributed by atoms with van der Waals surface area (Å²) in [5, 5.41) is 8.99. The van der Waals surface area contributed by atoms with Gasteiger partial charge in [0.05, 0.1) is 16.9 Å². The highest BCUT2D eigenvalue weighted by Crippen LogP contribution is 2.34. The van der Waals surface area contributed by atoms with Crippen molar-refractivity contribution in [2.75, 3.05) is 42.5 Å². The van der Waals surface area contributed by atoms with Crippen LogP contribution in [0, 0.1) is 5.82 Å². The fraction of sp³-hybridized carbons (Fsp3) is 0.240. The summed E-state index contributed by atoms with van der Waals surface area (Å²) in [5.74, 6) is -1.29. The minimum atomic E-state index is -1.03. The molecule has 190 valence electrons. The molecule has 4 heterocycles. The van der Waals surface area contributed by atoms with Crippen molar-refractivity contribution < 1.29 is 19.1 Å². The summed E-state index contributed by atoms with van der Waals surface area (Å²) in [7, 11) is 0. The number of carboxylic acids is 1. The third kappa shape index (κ3) is 5.07. The van der Waals surface area contributed by atoms with Crippen molar-refractivity contribution in [1.29, 1.82) is 0 Å². The Morgan fingerprint density at radius 3 is 2.49 bits per heavy atom. The number of piperazine rings is 1. The number of benzene rings is 1. The molecule has 12 heteroatoms. The van der Waals surface area contributed by atoms with Gasteiger partial charge in [0, 0.05) is 44.6 Å². The fourth-order valence-corrected chi connectivity index (χ4v) is 5.61. The van der Waals surface area contributed by atoms with E-state index in [9.17, 15) is 18.8 Å². The standard InChI is InChI=1S/C25H22FN5O4S2/c26-16-4-6-17(7-5-16)28-11-13-29(14-12-28)22-18(23(34)30-9-2-1-3-20(30)27-22)15-19-24(35)31(25(36)37-19)10-8-21(32)33/h1-7,9,15H,8,10-14H2,(H,32,33)/b19-15-. The number of aliphatic carboxylic acids is 1. The van der Waals surface area contributed by atoms with Gasteiger partial charge in [-0.15, -0.1) is 0 Å². The predicted molar refractivity (Wildman–Crippen MR) is 144 cm³/mol. The summed E-state index contributed by atoms with van der Waals surface area (Å²) in [5.41, 5.74) is 1.34. The zero-order valence-corrected chi connectivity index (χ0v) is 21.2. The van der Waals surface area contributed by atoms with Crippen LogP contribution >= 0.6 is 24.0 Å². The topological polar surface area (TPSA) is 98.5 Å². The van der Waals surface area contributed by atoms with Crippen LogP contribution in [0.25, 0.3) is 11.7 Å². The third-order valence-corrected chi connectivity index (χ3v) is 7.60. The van der Waals surface area contributed by atoms with Gasteiger partial charge >= 0.3 is 5.97 Å². The van der Waals surface area contributed by atoms with Crippen molar-refractivity contribution in [3.8, 4) is 0 Å². The second kappa shape index (κ2) is 10.3. The number of carbonyl (C=O) groups excluding carboxylic acids is 1. The Kier molecular flexibility index (Phi) is 6.94. The molecule has 9 nitrogen and oxygen atoms in total. The maximum absolute atomic E-state index is 13.5. The molecule has 0 spiro atoms. The molecule has 0 saturated carbocycles. The molecule has 5 rings (SSSR count). The number of halogens is 1. The molecule has 0 aliphatic carbocycles. The van der Waals surface area contributed by atoms with Gasteiger partial charge in [0.25, 0.3) is 11.5 Å². The molecular formula is C25H22FN5O4S2. The van der Waals surface area contributed by atoms with Gasteiger partial charge in [-0.05, 0) is 42.5 Å². The Labute approximate surface area is 220 Å². The number of amides is 1. The Hall–Kier alpha value is -3.77. The van der Waals surface area contributed by atoms with E-state index in [0.29, 0.717) is 37.6 Å². The Balaban J connectivity index is 1.48. The van der Waals surface area contributed by atoms with Gasteiger partial charge in [0.15, 0.2) is 0 Å². The number of fused-ring (bicyclic) bond motifs is 1. The SMILES string of the molecule is O=C(O)CCN1C(=O)/C(=C/c2c(N3CCN(c4ccc(F)cc4)CC3)nc3ccccn3c2=O)SC1=S. The van der Waals surface area contributed by atoms with Crippen LogP contribution in [0.1, 0.15) is 12.0 Å². The van der Waals surface area contributed by atoms with E-state index in [1.54, 1.807) is 36.5 Å². The molecule has 3 aromatic rings. The van der Waals surface area contributed by atoms with E-state index in [1.165, 1.54) is 27.5 Å². The van der Waals surface area contributed by atoms with Crippen molar-refractivity contribution in [2.24, 2.45) is 0 Å². The van der Waals surface area contributed by atoms with Crippen LogP contribution in [-0.2, 0) is 9.59 Å². The molecule has 1 aromatic carbocycles. The van der Waals surface area contributed by atoms with E-state index < -0.39 is 11.9 Å². The normalized spacial score (nSPS) is 17.3. The molecular weight excluding hydrogens is 517 g/mol. The number of rotatable bonds is 6. The summed E-state index contributed by atoms with van der Waals surface area (Å²) in [6.07, 6.45) is 2.90. The van der Waals surface area contributed by atoms with Crippen molar-refractivity contribution in [3.05, 3.63) is 75.3 Å². The number of carbonyl (C=O) groups is 2. The van der Waals surface area contributed by atoms with E-state index in [0.717, 1.165) is 17.4 Å². The highest BCUT2D eigenvalue weighted by Gasteiger charge is 2.33. The van der Waals surface area contributed by atoms with Crippen LogP contribution in [-0.4, -0.2) is 68.3 Å². The molecule has 2 fully saturated rings. The van der Waals surface area contributed by atoms with Gasteiger partial charge in [-0.25, -0.2) is 9.37 Å². The summed E-state index contributed by atoms with van der Waals surface area (Å²) in [6.45, 7) is 2.36. The molecule has 2 aliphatic rings. The number of thioether (sulfide) groups is 1. The smallest absolute Gasteiger partial charge is 0.305 e.